The minimum atomic E-state index is -1.79. The topological polar surface area (TPSA) is 94.8 Å². The van der Waals surface area contributed by atoms with E-state index in [9.17, 15) is 9.59 Å². The third kappa shape index (κ3) is 22.2. The molecule has 126 valence electrons. The van der Waals surface area contributed by atoms with Gasteiger partial charge in [0.1, 0.15) is 0 Å². The van der Waals surface area contributed by atoms with Gasteiger partial charge in [-0.2, -0.15) is 0 Å². The molecule has 5 nitrogen and oxygen atoms in total. The van der Waals surface area contributed by atoms with Gasteiger partial charge in [-0.05, 0) is 0 Å². The fraction of sp³-hybridized carbons (Fsp3) is 0.875. The van der Waals surface area contributed by atoms with E-state index in [1.54, 1.807) is 0 Å². The van der Waals surface area contributed by atoms with Crippen LogP contribution in [0.1, 0.15) is 77.6 Å². The zero-order chi connectivity index (χ0) is 17.2. The first-order valence-corrected chi connectivity index (χ1v) is 9.99. The van der Waals surface area contributed by atoms with Gasteiger partial charge in [-0.3, -0.25) is 4.79 Å². The van der Waals surface area contributed by atoms with E-state index in [0.717, 1.165) is 0 Å². The monoisotopic (exact) mass is 326 g/mol. The van der Waals surface area contributed by atoms with Gasteiger partial charge >= 0.3 is 115 Å². The number of rotatable bonds is 13. The van der Waals surface area contributed by atoms with E-state index < -0.39 is 24.5 Å². The maximum atomic E-state index is 9.72. The first-order chi connectivity index (χ1) is 10.5. The van der Waals surface area contributed by atoms with Crippen LogP contribution in [-0.4, -0.2) is 61.3 Å². The smallest absolute Gasteiger partial charge is 0.333 e. The molecule has 0 aliphatic carbocycles. The van der Waals surface area contributed by atoms with Gasteiger partial charge in [0.2, 0.25) is 0 Å². The van der Waals surface area contributed by atoms with Gasteiger partial charge in [0.15, 0.2) is 6.10 Å². The van der Waals surface area contributed by atoms with Gasteiger partial charge in [-0.15, -0.1) is 0 Å². The summed E-state index contributed by atoms with van der Waals surface area (Å²) >= 11 is 1.41. The molecule has 6 heteroatoms. The summed E-state index contributed by atoms with van der Waals surface area (Å²) in [6, 6.07) is 0. The van der Waals surface area contributed by atoms with E-state index in [1.807, 2.05) is 0 Å². The molecule has 0 aromatic rings. The molecular formula is C16H31NaO5. The molecule has 22 heavy (non-hydrogen) atoms. The molecule has 0 amide bonds. The number of hydrogen-bond donors (Lipinski definition) is 3. The Morgan fingerprint density at radius 2 is 1.27 bits per heavy atom. The summed E-state index contributed by atoms with van der Waals surface area (Å²) in [5.41, 5.74) is 0. The molecule has 0 saturated heterocycles. The normalized spacial score (nSPS) is 11.5. The second kappa shape index (κ2) is 18.9. The Kier molecular flexibility index (Phi) is 20.8. The third-order valence-electron chi connectivity index (χ3n) is 3.36. The van der Waals surface area contributed by atoms with Crippen molar-refractivity contribution in [2.75, 3.05) is 0 Å². The first kappa shape index (κ1) is 24.2. The number of aliphatic hydroxyl groups is 1. The molecule has 0 aromatic carbocycles. The zero-order valence-electron chi connectivity index (χ0n) is 14.2. The number of unbranched alkanes of at least 4 members (excludes halogenated alkanes) is 9. The molecule has 0 radical (unpaired) electrons. The molecule has 0 rings (SSSR count). The average molecular weight is 326 g/mol. The third-order valence-corrected chi connectivity index (χ3v) is 4.07. The number of carbonyl (C=O) groups is 2. The molecular weight excluding hydrogens is 295 g/mol. The summed E-state index contributed by atoms with van der Waals surface area (Å²) in [5.74, 6) is -2.85. The van der Waals surface area contributed by atoms with Crippen molar-refractivity contribution in [2.45, 2.75) is 87.3 Å². The fourth-order valence-electron chi connectivity index (χ4n) is 1.99. The maximum Gasteiger partial charge on any atom is 0.333 e. The van der Waals surface area contributed by atoms with Gasteiger partial charge in [-0.1, -0.05) is 0 Å². The van der Waals surface area contributed by atoms with Gasteiger partial charge in [0, 0.05) is 0 Å². The number of aliphatic hydroxyl groups excluding tert-OH is 1. The van der Waals surface area contributed by atoms with Crippen molar-refractivity contribution in [1.82, 2.24) is 0 Å². The molecule has 1 unspecified atom stereocenters. The Bertz CT molecular complexity index is 261. The van der Waals surface area contributed by atoms with Crippen LogP contribution in [0.5, 0.6) is 0 Å². The van der Waals surface area contributed by atoms with E-state index in [0.29, 0.717) is 0 Å². The summed E-state index contributed by atoms with van der Waals surface area (Å²) in [6.45, 7) is 2.29. The van der Waals surface area contributed by atoms with E-state index >= 15 is 0 Å². The second-order valence-electron chi connectivity index (χ2n) is 5.63. The van der Waals surface area contributed by atoms with Crippen LogP contribution < -0.4 is 0 Å². The quantitative estimate of drug-likeness (QED) is 0.356. The second-order valence-corrected chi connectivity index (χ2v) is 6.63. The van der Waals surface area contributed by atoms with Crippen LogP contribution in [0.25, 0.3) is 0 Å². The van der Waals surface area contributed by atoms with Crippen molar-refractivity contribution >= 4 is 39.9 Å². The van der Waals surface area contributed by atoms with Crippen LogP contribution in [0, 0.1) is 0 Å². The predicted molar refractivity (Wildman–Crippen MR) is 88.3 cm³/mol. The predicted octanol–water partition coefficient (Wildman–Crippen LogP) is 3.40. The SMILES string of the molecule is CCCCCCCCCCC[CH2][Na].O=C(O)CC(O)C(=O)O. The Balaban J connectivity index is 0. The Hall–Kier alpha value is -0.100. The summed E-state index contributed by atoms with van der Waals surface area (Å²) in [6.07, 6.45) is 12.2. The van der Waals surface area contributed by atoms with Crippen molar-refractivity contribution in [3.8, 4) is 0 Å². The van der Waals surface area contributed by atoms with Gasteiger partial charge in [-0.25, -0.2) is 4.79 Å². The van der Waals surface area contributed by atoms with Crippen molar-refractivity contribution in [3.63, 3.8) is 0 Å². The minimum absolute atomic E-state index is 0.755. The Morgan fingerprint density at radius 3 is 1.55 bits per heavy atom. The molecule has 0 aromatic heterocycles. The molecule has 1 atom stereocenters. The van der Waals surface area contributed by atoms with Crippen molar-refractivity contribution in [3.05, 3.63) is 0 Å². The molecule has 0 bridgehead atoms. The standard InChI is InChI=1S/C12H25.C4H6O5.Na/c1-3-5-7-9-11-12-10-8-6-4-2;5-2(4(8)9)1-3(6)7;/h1,3-12H2,2H3;2,5H,1H2,(H,6,7)(H,8,9);. The number of aliphatic carboxylic acids is 2. The molecule has 0 spiro atoms. The number of carboxylic acids is 2. The summed E-state index contributed by atoms with van der Waals surface area (Å²) in [5, 5.41) is 24.1. The van der Waals surface area contributed by atoms with Crippen molar-refractivity contribution in [2.24, 2.45) is 0 Å². The van der Waals surface area contributed by atoms with Crippen LogP contribution in [0.4, 0.5) is 0 Å². The summed E-state index contributed by atoms with van der Waals surface area (Å²) in [7, 11) is 0. The van der Waals surface area contributed by atoms with Crippen molar-refractivity contribution < 1.29 is 24.9 Å². The van der Waals surface area contributed by atoms with Gasteiger partial charge in [0.25, 0.3) is 0 Å². The minimum Gasteiger partial charge on any atom is -0.481 e. The van der Waals surface area contributed by atoms with Gasteiger partial charge in [0.05, 0.1) is 6.42 Å². The van der Waals surface area contributed by atoms with Crippen LogP contribution >= 0.6 is 0 Å². The number of hydrogen-bond acceptors (Lipinski definition) is 3. The van der Waals surface area contributed by atoms with Crippen LogP contribution in [0.2, 0.25) is 3.67 Å². The Morgan fingerprint density at radius 1 is 0.864 bits per heavy atom. The molecule has 0 heterocycles. The average Bonchev–Trinajstić information content (AvgIpc) is 2.45. The van der Waals surface area contributed by atoms with E-state index in [-0.39, 0.29) is 0 Å². The van der Waals surface area contributed by atoms with E-state index in [4.69, 9.17) is 15.3 Å². The molecule has 0 aliphatic heterocycles. The zero-order valence-corrected chi connectivity index (χ0v) is 16.2. The van der Waals surface area contributed by atoms with Gasteiger partial charge < -0.3 is 15.3 Å². The Labute approximate surface area is 151 Å². The molecule has 3 N–H and O–H groups in total. The maximum absolute atomic E-state index is 9.72. The van der Waals surface area contributed by atoms with Crippen LogP contribution in [0.15, 0.2) is 0 Å². The molecule has 0 saturated carbocycles. The largest absolute Gasteiger partial charge is 0.481 e. The van der Waals surface area contributed by atoms with E-state index in [2.05, 4.69) is 6.92 Å². The van der Waals surface area contributed by atoms with Crippen molar-refractivity contribution in [1.29, 1.82) is 0 Å². The summed E-state index contributed by atoms with van der Waals surface area (Å²) < 4.78 is 1.51. The summed E-state index contributed by atoms with van der Waals surface area (Å²) in [4.78, 5) is 19.4. The first-order valence-electron chi connectivity index (χ1n) is 8.58. The van der Waals surface area contributed by atoms with Crippen LogP contribution in [0.3, 0.4) is 0 Å². The number of carboxylic acid groups (broad SMARTS) is 2. The van der Waals surface area contributed by atoms with Crippen LogP contribution in [-0.2, 0) is 9.59 Å². The van der Waals surface area contributed by atoms with E-state index in [1.165, 1.54) is 95.8 Å². The fourth-order valence-corrected chi connectivity index (χ4v) is 2.49. The molecule has 0 aliphatic rings. The molecule has 0 fully saturated rings.